The number of amides is 2. The van der Waals surface area contributed by atoms with Gasteiger partial charge in [0.1, 0.15) is 6.04 Å². The van der Waals surface area contributed by atoms with E-state index in [1.807, 2.05) is 0 Å². The lowest BCUT2D eigenvalue weighted by Crippen LogP contribution is -2.48. The van der Waals surface area contributed by atoms with Crippen LogP contribution in [0.1, 0.15) is 19.8 Å². The quantitative estimate of drug-likeness (QED) is 0.474. The number of likely N-dealkylation sites (N-methyl/N-ethyl adjacent to an activating group) is 1. The van der Waals surface area contributed by atoms with Gasteiger partial charge in [-0.1, -0.05) is 0 Å². The minimum atomic E-state index is -0.725. The molecule has 0 radical (unpaired) electrons. The maximum absolute atomic E-state index is 11.7. The topological polar surface area (TPSA) is 111 Å². The van der Waals surface area contributed by atoms with Gasteiger partial charge in [-0.05, 0) is 20.4 Å². The molecule has 0 rings (SSSR count). The zero-order valence-corrected chi connectivity index (χ0v) is 10.3. The SMILES string of the molecule is CNC(CCC(N)=O)C(=O)NC(C)C(=O)OC. The van der Waals surface area contributed by atoms with E-state index >= 15 is 0 Å². The van der Waals surface area contributed by atoms with E-state index in [9.17, 15) is 14.4 Å². The number of nitrogens with one attached hydrogen (secondary N) is 2. The molecular formula is C10H19N3O4. The summed E-state index contributed by atoms with van der Waals surface area (Å²) in [5, 5.41) is 5.22. The van der Waals surface area contributed by atoms with Gasteiger partial charge in [0.05, 0.1) is 13.2 Å². The van der Waals surface area contributed by atoms with Gasteiger partial charge in [-0.3, -0.25) is 9.59 Å². The monoisotopic (exact) mass is 245 g/mol. The number of ether oxygens (including phenoxy) is 1. The molecule has 0 aliphatic heterocycles. The van der Waals surface area contributed by atoms with Crippen LogP contribution in [-0.2, 0) is 19.1 Å². The number of primary amides is 1. The molecule has 2 unspecified atom stereocenters. The van der Waals surface area contributed by atoms with E-state index in [-0.39, 0.29) is 18.7 Å². The highest BCUT2D eigenvalue weighted by molar-refractivity contribution is 5.87. The van der Waals surface area contributed by atoms with Crippen LogP contribution >= 0.6 is 0 Å². The maximum Gasteiger partial charge on any atom is 0.328 e. The number of hydrogen-bond acceptors (Lipinski definition) is 5. The van der Waals surface area contributed by atoms with Crippen molar-refractivity contribution < 1.29 is 19.1 Å². The third-order valence-electron chi connectivity index (χ3n) is 2.26. The second-order valence-corrected chi connectivity index (χ2v) is 3.60. The van der Waals surface area contributed by atoms with Gasteiger partial charge in [0.25, 0.3) is 0 Å². The van der Waals surface area contributed by atoms with E-state index in [1.54, 1.807) is 7.05 Å². The highest BCUT2D eigenvalue weighted by Crippen LogP contribution is 1.98. The van der Waals surface area contributed by atoms with Crippen molar-refractivity contribution in [1.29, 1.82) is 0 Å². The Hall–Kier alpha value is -1.63. The standard InChI is InChI=1S/C10H19N3O4/c1-6(10(16)17-3)13-9(15)7(12-2)4-5-8(11)14/h6-7,12H,4-5H2,1-3H3,(H2,11,14)(H,13,15). The van der Waals surface area contributed by atoms with Gasteiger partial charge in [0.15, 0.2) is 0 Å². The fourth-order valence-corrected chi connectivity index (χ4v) is 1.24. The molecule has 2 amide bonds. The molecule has 98 valence electrons. The largest absolute Gasteiger partial charge is 0.467 e. The van der Waals surface area contributed by atoms with Crippen molar-refractivity contribution in [2.24, 2.45) is 5.73 Å². The fraction of sp³-hybridized carbons (Fsp3) is 0.700. The predicted octanol–water partition coefficient (Wildman–Crippen LogP) is -1.48. The fourth-order valence-electron chi connectivity index (χ4n) is 1.24. The first-order valence-electron chi connectivity index (χ1n) is 5.26. The number of carbonyl (C=O) groups excluding carboxylic acids is 3. The molecule has 7 nitrogen and oxygen atoms in total. The van der Waals surface area contributed by atoms with Crippen LogP contribution in [0.3, 0.4) is 0 Å². The van der Waals surface area contributed by atoms with Gasteiger partial charge in [0.2, 0.25) is 11.8 Å². The number of hydrogen-bond donors (Lipinski definition) is 3. The molecule has 4 N–H and O–H groups in total. The Kier molecular flexibility index (Phi) is 6.88. The summed E-state index contributed by atoms with van der Waals surface area (Å²) in [6, 6.07) is -1.29. The van der Waals surface area contributed by atoms with Gasteiger partial charge in [0, 0.05) is 6.42 Å². The smallest absolute Gasteiger partial charge is 0.328 e. The van der Waals surface area contributed by atoms with Crippen molar-refractivity contribution in [3.63, 3.8) is 0 Å². The Morgan fingerprint density at radius 2 is 1.94 bits per heavy atom. The number of rotatable bonds is 7. The lowest BCUT2D eigenvalue weighted by atomic mass is 10.1. The van der Waals surface area contributed by atoms with Crippen molar-refractivity contribution >= 4 is 17.8 Å². The van der Waals surface area contributed by atoms with Crippen molar-refractivity contribution in [3.05, 3.63) is 0 Å². The highest BCUT2D eigenvalue weighted by Gasteiger charge is 2.22. The Morgan fingerprint density at radius 3 is 2.35 bits per heavy atom. The molecule has 7 heteroatoms. The summed E-state index contributed by atoms with van der Waals surface area (Å²) < 4.78 is 4.48. The van der Waals surface area contributed by atoms with Crippen LogP contribution < -0.4 is 16.4 Å². The lowest BCUT2D eigenvalue weighted by molar-refractivity contribution is -0.144. The summed E-state index contributed by atoms with van der Waals surface area (Å²) in [5.74, 6) is -1.37. The molecule has 0 spiro atoms. The van der Waals surface area contributed by atoms with Gasteiger partial charge < -0.3 is 21.1 Å². The van der Waals surface area contributed by atoms with Crippen LogP contribution in [0.25, 0.3) is 0 Å². The summed E-state index contributed by atoms with van der Waals surface area (Å²) in [7, 11) is 2.84. The molecule has 0 saturated carbocycles. The van der Waals surface area contributed by atoms with Crippen LogP contribution in [-0.4, -0.2) is 44.0 Å². The first-order valence-corrected chi connectivity index (χ1v) is 5.26. The van der Waals surface area contributed by atoms with Crippen molar-refractivity contribution in [2.75, 3.05) is 14.2 Å². The Labute approximate surface area is 100 Å². The van der Waals surface area contributed by atoms with Gasteiger partial charge in [-0.25, -0.2) is 4.79 Å². The van der Waals surface area contributed by atoms with E-state index in [1.165, 1.54) is 14.0 Å². The summed E-state index contributed by atoms with van der Waals surface area (Å²) in [6.07, 6.45) is 0.386. The Morgan fingerprint density at radius 1 is 1.35 bits per heavy atom. The second kappa shape index (κ2) is 7.61. The van der Waals surface area contributed by atoms with E-state index in [4.69, 9.17) is 5.73 Å². The number of nitrogens with two attached hydrogens (primary N) is 1. The molecule has 0 bridgehead atoms. The average molecular weight is 245 g/mol. The average Bonchev–Trinajstić information content (AvgIpc) is 2.28. The van der Waals surface area contributed by atoms with Crippen molar-refractivity contribution in [3.8, 4) is 0 Å². The predicted molar refractivity (Wildman–Crippen MR) is 60.9 cm³/mol. The van der Waals surface area contributed by atoms with Gasteiger partial charge in [-0.2, -0.15) is 0 Å². The third kappa shape index (κ3) is 5.86. The molecule has 0 aromatic rings. The molecular weight excluding hydrogens is 226 g/mol. The molecule has 2 atom stereocenters. The second-order valence-electron chi connectivity index (χ2n) is 3.60. The first-order chi connectivity index (χ1) is 7.92. The Bertz CT molecular complexity index is 293. The van der Waals surface area contributed by atoms with Crippen LogP contribution in [0.15, 0.2) is 0 Å². The zero-order chi connectivity index (χ0) is 13.4. The van der Waals surface area contributed by atoms with E-state index in [0.717, 1.165) is 0 Å². The molecule has 17 heavy (non-hydrogen) atoms. The molecule has 0 aromatic carbocycles. The summed E-state index contributed by atoms with van der Waals surface area (Å²) in [4.78, 5) is 33.4. The van der Waals surface area contributed by atoms with E-state index in [0.29, 0.717) is 0 Å². The molecule has 0 aliphatic rings. The normalized spacial score (nSPS) is 13.6. The van der Waals surface area contributed by atoms with Gasteiger partial charge in [-0.15, -0.1) is 0 Å². The lowest BCUT2D eigenvalue weighted by Gasteiger charge is -2.18. The molecule has 0 heterocycles. The molecule has 0 fully saturated rings. The first kappa shape index (κ1) is 15.4. The van der Waals surface area contributed by atoms with E-state index < -0.39 is 24.0 Å². The third-order valence-corrected chi connectivity index (χ3v) is 2.26. The molecule has 0 saturated heterocycles. The van der Waals surface area contributed by atoms with Crippen LogP contribution in [0.4, 0.5) is 0 Å². The van der Waals surface area contributed by atoms with E-state index in [2.05, 4.69) is 15.4 Å². The Balaban J connectivity index is 4.25. The van der Waals surface area contributed by atoms with Gasteiger partial charge >= 0.3 is 5.97 Å². The molecule has 0 aliphatic carbocycles. The van der Waals surface area contributed by atoms with Crippen molar-refractivity contribution in [1.82, 2.24) is 10.6 Å². The minimum Gasteiger partial charge on any atom is -0.467 e. The highest BCUT2D eigenvalue weighted by atomic mass is 16.5. The van der Waals surface area contributed by atoms with Crippen LogP contribution in [0, 0.1) is 0 Å². The summed E-state index contributed by atoms with van der Waals surface area (Å²) in [5.41, 5.74) is 4.99. The maximum atomic E-state index is 11.7. The minimum absolute atomic E-state index is 0.103. The molecule has 0 aromatic heterocycles. The van der Waals surface area contributed by atoms with Crippen LogP contribution in [0.2, 0.25) is 0 Å². The number of methoxy groups -OCH3 is 1. The zero-order valence-electron chi connectivity index (χ0n) is 10.3. The summed E-state index contributed by atoms with van der Waals surface area (Å²) in [6.45, 7) is 1.52. The number of carbonyl (C=O) groups is 3. The number of esters is 1. The van der Waals surface area contributed by atoms with Crippen molar-refractivity contribution in [2.45, 2.75) is 31.8 Å². The summed E-state index contributed by atoms with van der Waals surface area (Å²) >= 11 is 0. The van der Waals surface area contributed by atoms with Crippen LogP contribution in [0.5, 0.6) is 0 Å².